The Hall–Kier alpha value is -2.56. The molecule has 0 aromatic heterocycles. The van der Waals surface area contributed by atoms with Gasteiger partial charge >= 0.3 is 0 Å². The molecule has 1 aliphatic rings. The molecule has 0 radical (unpaired) electrons. The standard InChI is InChI=1S/C16H14FNO3/c1-10-15(21-14-9-5-4-8-13(14)20-10)16(19)18-12-7-3-2-6-11(12)17/h2-10,15H,1H3,(H,18,19). The van der Waals surface area contributed by atoms with Crippen LogP contribution in [0.2, 0.25) is 0 Å². The molecule has 2 aromatic rings. The van der Waals surface area contributed by atoms with Crippen LogP contribution in [0.25, 0.3) is 0 Å². The van der Waals surface area contributed by atoms with Crippen molar-refractivity contribution in [1.29, 1.82) is 0 Å². The van der Waals surface area contributed by atoms with Crippen molar-refractivity contribution in [3.05, 3.63) is 54.3 Å². The first-order valence-corrected chi connectivity index (χ1v) is 6.63. The van der Waals surface area contributed by atoms with Crippen LogP contribution < -0.4 is 14.8 Å². The van der Waals surface area contributed by atoms with Crippen molar-refractivity contribution < 1.29 is 18.7 Å². The van der Waals surface area contributed by atoms with Gasteiger partial charge in [0.1, 0.15) is 11.9 Å². The summed E-state index contributed by atoms with van der Waals surface area (Å²) in [5, 5.41) is 2.52. The lowest BCUT2D eigenvalue weighted by Crippen LogP contribution is -2.46. The smallest absolute Gasteiger partial charge is 0.269 e. The number of carbonyl (C=O) groups excluding carboxylic acids is 1. The van der Waals surface area contributed by atoms with Crippen molar-refractivity contribution in [1.82, 2.24) is 0 Å². The summed E-state index contributed by atoms with van der Waals surface area (Å²) in [5.41, 5.74) is 0.122. The van der Waals surface area contributed by atoms with Gasteiger partial charge in [-0.1, -0.05) is 24.3 Å². The van der Waals surface area contributed by atoms with Crippen LogP contribution in [0.4, 0.5) is 10.1 Å². The summed E-state index contributed by atoms with van der Waals surface area (Å²) in [6.45, 7) is 1.74. The number of hydrogen-bond donors (Lipinski definition) is 1. The number of benzene rings is 2. The second-order valence-corrected chi connectivity index (χ2v) is 4.78. The molecule has 0 saturated heterocycles. The number of carbonyl (C=O) groups is 1. The van der Waals surface area contributed by atoms with E-state index in [1.165, 1.54) is 12.1 Å². The maximum atomic E-state index is 13.6. The Morgan fingerprint density at radius 2 is 1.67 bits per heavy atom. The van der Waals surface area contributed by atoms with Gasteiger partial charge in [-0.2, -0.15) is 0 Å². The number of hydrogen-bond acceptors (Lipinski definition) is 3. The van der Waals surface area contributed by atoms with Gasteiger partial charge in [-0.3, -0.25) is 4.79 Å². The fraction of sp³-hybridized carbons (Fsp3) is 0.188. The predicted molar refractivity (Wildman–Crippen MR) is 76.0 cm³/mol. The quantitative estimate of drug-likeness (QED) is 0.923. The first-order valence-electron chi connectivity index (χ1n) is 6.63. The van der Waals surface area contributed by atoms with Crippen molar-refractivity contribution >= 4 is 11.6 Å². The Kier molecular flexibility index (Phi) is 3.48. The largest absolute Gasteiger partial charge is 0.482 e. The van der Waals surface area contributed by atoms with Crippen LogP contribution in [0.5, 0.6) is 11.5 Å². The van der Waals surface area contributed by atoms with Gasteiger partial charge < -0.3 is 14.8 Å². The minimum absolute atomic E-state index is 0.122. The lowest BCUT2D eigenvalue weighted by atomic mass is 10.1. The zero-order chi connectivity index (χ0) is 14.8. The van der Waals surface area contributed by atoms with Gasteiger partial charge in [0.15, 0.2) is 11.5 Å². The minimum Gasteiger partial charge on any atom is -0.482 e. The number of para-hydroxylation sites is 3. The fourth-order valence-electron chi connectivity index (χ4n) is 2.17. The molecule has 5 heteroatoms. The van der Waals surface area contributed by atoms with Crippen LogP contribution in [0.1, 0.15) is 6.92 Å². The van der Waals surface area contributed by atoms with Crippen LogP contribution in [0.15, 0.2) is 48.5 Å². The number of ether oxygens (including phenoxy) is 2. The second-order valence-electron chi connectivity index (χ2n) is 4.78. The number of halogens is 1. The van der Waals surface area contributed by atoms with E-state index in [9.17, 15) is 9.18 Å². The molecule has 4 nitrogen and oxygen atoms in total. The van der Waals surface area contributed by atoms with E-state index >= 15 is 0 Å². The topological polar surface area (TPSA) is 47.6 Å². The van der Waals surface area contributed by atoms with E-state index in [-0.39, 0.29) is 5.69 Å². The van der Waals surface area contributed by atoms with Gasteiger partial charge in [-0.15, -0.1) is 0 Å². The van der Waals surface area contributed by atoms with Gasteiger partial charge in [0.25, 0.3) is 5.91 Å². The zero-order valence-electron chi connectivity index (χ0n) is 11.4. The van der Waals surface area contributed by atoms with Crippen LogP contribution in [-0.4, -0.2) is 18.1 Å². The number of nitrogens with one attached hydrogen (secondary N) is 1. The van der Waals surface area contributed by atoms with Crippen LogP contribution in [0, 0.1) is 5.82 Å². The molecule has 0 bridgehead atoms. The van der Waals surface area contributed by atoms with E-state index in [1.807, 2.05) is 6.07 Å². The molecule has 0 fully saturated rings. The summed E-state index contributed by atoms with van der Waals surface area (Å²) in [7, 11) is 0. The van der Waals surface area contributed by atoms with Crippen molar-refractivity contribution in [2.75, 3.05) is 5.32 Å². The summed E-state index contributed by atoms with van der Waals surface area (Å²) >= 11 is 0. The van der Waals surface area contributed by atoms with Gasteiger partial charge in [-0.25, -0.2) is 4.39 Å². The molecule has 108 valence electrons. The van der Waals surface area contributed by atoms with Gasteiger partial charge in [0.05, 0.1) is 5.69 Å². The summed E-state index contributed by atoms with van der Waals surface area (Å²) in [4.78, 5) is 12.3. The number of fused-ring (bicyclic) bond motifs is 1. The molecule has 3 rings (SSSR count). The lowest BCUT2D eigenvalue weighted by Gasteiger charge is -2.31. The molecule has 21 heavy (non-hydrogen) atoms. The second kappa shape index (κ2) is 5.44. The molecule has 2 aromatic carbocycles. The van der Waals surface area contributed by atoms with Gasteiger partial charge in [0, 0.05) is 0 Å². The third kappa shape index (κ3) is 2.67. The molecular formula is C16H14FNO3. The van der Waals surface area contributed by atoms with Gasteiger partial charge in [0.2, 0.25) is 6.10 Å². The molecule has 1 amide bonds. The SMILES string of the molecule is CC1Oc2ccccc2OC1C(=O)Nc1ccccc1F. The maximum Gasteiger partial charge on any atom is 0.269 e. The molecule has 1 N–H and O–H groups in total. The molecule has 1 aliphatic heterocycles. The molecular weight excluding hydrogens is 273 g/mol. The Morgan fingerprint density at radius 3 is 2.38 bits per heavy atom. The number of rotatable bonds is 2. The Bertz CT molecular complexity index is 674. The highest BCUT2D eigenvalue weighted by Gasteiger charge is 2.34. The molecule has 2 unspecified atom stereocenters. The van der Waals surface area contributed by atoms with Crippen molar-refractivity contribution in [3.63, 3.8) is 0 Å². The van der Waals surface area contributed by atoms with Crippen LogP contribution in [0.3, 0.4) is 0 Å². The fourth-order valence-corrected chi connectivity index (χ4v) is 2.17. The summed E-state index contributed by atoms with van der Waals surface area (Å²) in [6.07, 6.45) is -1.30. The minimum atomic E-state index is -0.834. The van der Waals surface area contributed by atoms with Gasteiger partial charge in [-0.05, 0) is 31.2 Å². The summed E-state index contributed by atoms with van der Waals surface area (Å²) < 4.78 is 24.9. The Morgan fingerprint density at radius 1 is 1.05 bits per heavy atom. The van der Waals surface area contributed by atoms with Crippen LogP contribution >= 0.6 is 0 Å². The van der Waals surface area contributed by atoms with Crippen LogP contribution in [-0.2, 0) is 4.79 Å². The molecule has 0 saturated carbocycles. The third-order valence-corrected chi connectivity index (χ3v) is 3.23. The van der Waals surface area contributed by atoms with E-state index in [2.05, 4.69) is 5.32 Å². The molecule has 2 atom stereocenters. The lowest BCUT2D eigenvalue weighted by molar-refractivity contribution is -0.128. The van der Waals surface area contributed by atoms with Crippen molar-refractivity contribution in [2.24, 2.45) is 0 Å². The predicted octanol–water partition coefficient (Wildman–Crippen LogP) is 2.99. The highest BCUT2D eigenvalue weighted by molar-refractivity contribution is 5.95. The van der Waals surface area contributed by atoms with Crippen molar-refractivity contribution in [2.45, 2.75) is 19.1 Å². The third-order valence-electron chi connectivity index (χ3n) is 3.23. The highest BCUT2D eigenvalue weighted by atomic mass is 19.1. The highest BCUT2D eigenvalue weighted by Crippen LogP contribution is 2.33. The maximum absolute atomic E-state index is 13.6. The zero-order valence-corrected chi connectivity index (χ0v) is 11.4. The van der Waals surface area contributed by atoms with E-state index in [4.69, 9.17) is 9.47 Å². The Balaban J connectivity index is 1.78. The molecule has 0 spiro atoms. The van der Waals surface area contributed by atoms with Crippen molar-refractivity contribution in [3.8, 4) is 11.5 Å². The molecule has 0 aliphatic carbocycles. The Labute approximate surface area is 121 Å². The van der Waals surface area contributed by atoms with E-state index in [1.54, 1.807) is 37.3 Å². The summed E-state index contributed by atoms with van der Waals surface area (Å²) in [5.74, 6) is 0.168. The molecule has 1 heterocycles. The first kappa shape index (κ1) is 13.4. The average Bonchev–Trinajstić information content (AvgIpc) is 2.49. The monoisotopic (exact) mass is 287 g/mol. The van der Waals surface area contributed by atoms with E-state index in [0.29, 0.717) is 11.5 Å². The first-order chi connectivity index (χ1) is 10.1. The summed E-state index contributed by atoms with van der Waals surface area (Å²) in [6, 6.07) is 13.1. The van der Waals surface area contributed by atoms with E-state index in [0.717, 1.165) is 0 Å². The number of anilines is 1. The number of amides is 1. The average molecular weight is 287 g/mol. The van der Waals surface area contributed by atoms with E-state index < -0.39 is 23.9 Å². The normalized spacial score (nSPS) is 19.9.